The molecule has 0 atom stereocenters. The number of anilines is 1. The lowest BCUT2D eigenvalue weighted by Crippen LogP contribution is -2.06. The van der Waals surface area contributed by atoms with Crippen LogP contribution in [-0.4, -0.2) is 16.5 Å². The molecule has 1 aromatic heterocycles. The molecule has 3 nitrogen and oxygen atoms in total. The molecule has 6 heteroatoms. The van der Waals surface area contributed by atoms with E-state index in [1.54, 1.807) is 0 Å². The Bertz CT molecular complexity index is 587. The minimum atomic E-state index is -0.862. The van der Waals surface area contributed by atoms with Crippen LogP contribution in [0.1, 0.15) is 13.3 Å². The van der Waals surface area contributed by atoms with Crippen molar-refractivity contribution >= 4 is 5.95 Å². The van der Waals surface area contributed by atoms with Crippen LogP contribution in [0, 0.1) is 17.5 Å². The van der Waals surface area contributed by atoms with E-state index in [2.05, 4.69) is 15.3 Å². The van der Waals surface area contributed by atoms with Gasteiger partial charge in [0, 0.05) is 18.2 Å². The highest BCUT2D eigenvalue weighted by atomic mass is 19.1. The van der Waals surface area contributed by atoms with Crippen molar-refractivity contribution in [1.82, 2.24) is 9.97 Å². The molecule has 0 amide bonds. The Kier molecular flexibility index (Phi) is 3.99. The standard InChI is InChI=1S/C13H12F3N3/c1-2-5-17-13-18-7-11(16)12(19-13)9-4-3-8(14)6-10(9)15/h3-4,6-7H,2,5H2,1H3,(H,17,18,19). The Hall–Kier alpha value is -2.11. The van der Waals surface area contributed by atoms with Gasteiger partial charge in [0.15, 0.2) is 5.82 Å². The van der Waals surface area contributed by atoms with Crippen molar-refractivity contribution in [3.63, 3.8) is 0 Å². The maximum absolute atomic E-state index is 13.6. The smallest absolute Gasteiger partial charge is 0.223 e. The molecule has 100 valence electrons. The number of halogens is 3. The second kappa shape index (κ2) is 5.69. The molecule has 0 aliphatic heterocycles. The van der Waals surface area contributed by atoms with Crippen LogP contribution in [-0.2, 0) is 0 Å². The Labute approximate surface area is 108 Å². The van der Waals surface area contributed by atoms with E-state index in [0.717, 1.165) is 24.8 Å². The highest BCUT2D eigenvalue weighted by Gasteiger charge is 2.14. The molecular formula is C13H12F3N3. The van der Waals surface area contributed by atoms with E-state index in [-0.39, 0.29) is 17.2 Å². The normalized spacial score (nSPS) is 10.5. The van der Waals surface area contributed by atoms with Crippen molar-refractivity contribution in [3.05, 3.63) is 41.8 Å². The van der Waals surface area contributed by atoms with Gasteiger partial charge in [0.2, 0.25) is 5.95 Å². The number of nitrogens with one attached hydrogen (secondary N) is 1. The van der Waals surface area contributed by atoms with E-state index in [1.807, 2.05) is 6.92 Å². The molecule has 1 aromatic carbocycles. The number of nitrogens with zero attached hydrogens (tertiary/aromatic N) is 2. The topological polar surface area (TPSA) is 37.8 Å². The van der Waals surface area contributed by atoms with E-state index in [4.69, 9.17) is 0 Å². The molecule has 1 N–H and O–H groups in total. The molecule has 0 aliphatic carbocycles. The van der Waals surface area contributed by atoms with Gasteiger partial charge >= 0.3 is 0 Å². The van der Waals surface area contributed by atoms with Gasteiger partial charge in [-0.1, -0.05) is 6.92 Å². The maximum atomic E-state index is 13.6. The molecule has 0 bridgehead atoms. The molecule has 0 saturated carbocycles. The van der Waals surface area contributed by atoms with Crippen molar-refractivity contribution in [2.24, 2.45) is 0 Å². The van der Waals surface area contributed by atoms with Crippen LogP contribution in [0.2, 0.25) is 0 Å². The maximum Gasteiger partial charge on any atom is 0.223 e. The lowest BCUT2D eigenvalue weighted by Gasteiger charge is -2.07. The minimum absolute atomic E-state index is 0.0964. The third-order valence-corrected chi connectivity index (χ3v) is 2.46. The molecule has 0 radical (unpaired) electrons. The van der Waals surface area contributed by atoms with Gasteiger partial charge in [-0.2, -0.15) is 0 Å². The fourth-order valence-electron chi connectivity index (χ4n) is 1.56. The first-order chi connectivity index (χ1) is 9.11. The van der Waals surface area contributed by atoms with Crippen molar-refractivity contribution in [3.8, 4) is 11.3 Å². The van der Waals surface area contributed by atoms with Crippen molar-refractivity contribution in [2.45, 2.75) is 13.3 Å². The van der Waals surface area contributed by atoms with Gasteiger partial charge in [-0.25, -0.2) is 23.1 Å². The van der Waals surface area contributed by atoms with Crippen LogP contribution in [0.15, 0.2) is 24.4 Å². The van der Waals surface area contributed by atoms with Gasteiger partial charge in [-0.3, -0.25) is 0 Å². The number of hydrogen-bond donors (Lipinski definition) is 1. The molecule has 2 aromatic rings. The molecule has 0 fully saturated rings. The molecule has 0 aliphatic rings. The molecule has 0 spiro atoms. The SMILES string of the molecule is CCCNc1ncc(F)c(-c2ccc(F)cc2F)n1. The average molecular weight is 267 g/mol. The fourth-order valence-corrected chi connectivity index (χ4v) is 1.56. The van der Waals surface area contributed by atoms with Crippen LogP contribution >= 0.6 is 0 Å². The molecule has 0 saturated heterocycles. The van der Waals surface area contributed by atoms with Gasteiger partial charge in [-0.15, -0.1) is 0 Å². The van der Waals surface area contributed by atoms with Crippen LogP contribution in [0.3, 0.4) is 0 Å². The third-order valence-electron chi connectivity index (χ3n) is 2.46. The first-order valence-corrected chi connectivity index (χ1v) is 5.83. The van der Waals surface area contributed by atoms with Crippen molar-refractivity contribution < 1.29 is 13.2 Å². The van der Waals surface area contributed by atoms with Gasteiger partial charge in [0.05, 0.1) is 6.20 Å². The molecular weight excluding hydrogens is 255 g/mol. The zero-order valence-electron chi connectivity index (χ0n) is 10.3. The summed E-state index contributed by atoms with van der Waals surface area (Å²) in [5, 5.41) is 2.88. The number of benzene rings is 1. The lowest BCUT2D eigenvalue weighted by atomic mass is 10.1. The Morgan fingerprint density at radius 3 is 2.63 bits per heavy atom. The minimum Gasteiger partial charge on any atom is -0.354 e. The molecule has 1 heterocycles. The van der Waals surface area contributed by atoms with Crippen LogP contribution < -0.4 is 5.32 Å². The summed E-state index contributed by atoms with van der Waals surface area (Å²) in [7, 11) is 0. The fraction of sp³-hybridized carbons (Fsp3) is 0.231. The third kappa shape index (κ3) is 3.01. The number of aromatic nitrogens is 2. The first kappa shape index (κ1) is 13.3. The molecule has 2 rings (SSSR count). The van der Waals surface area contributed by atoms with E-state index in [1.165, 1.54) is 0 Å². The molecule has 19 heavy (non-hydrogen) atoms. The summed E-state index contributed by atoms with van der Waals surface area (Å²) in [5.41, 5.74) is -0.285. The van der Waals surface area contributed by atoms with Crippen LogP contribution in [0.5, 0.6) is 0 Å². The Morgan fingerprint density at radius 1 is 1.16 bits per heavy atom. The molecule has 0 unspecified atom stereocenters. The van der Waals surface area contributed by atoms with Crippen molar-refractivity contribution in [1.29, 1.82) is 0 Å². The van der Waals surface area contributed by atoms with Gasteiger partial charge in [0.1, 0.15) is 17.3 Å². The summed E-state index contributed by atoms with van der Waals surface area (Å²) >= 11 is 0. The summed E-state index contributed by atoms with van der Waals surface area (Å²) in [4.78, 5) is 7.67. The summed E-state index contributed by atoms with van der Waals surface area (Å²) in [6, 6.07) is 2.90. The quantitative estimate of drug-likeness (QED) is 0.922. The Morgan fingerprint density at radius 2 is 1.95 bits per heavy atom. The number of rotatable bonds is 4. The first-order valence-electron chi connectivity index (χ1n) is 5.83. The Balaban J connectivity index is 2.42. The monoisotopic (exact) mass is 267 g/mol. The highest BCUT2D eigenvalue weighted by Crippen LogP contribution is 2.24. The predicted molar refractivity (Wildman–Crippen MR) is 66.1 cm³/mol. The number of hydrogen-bond acceptors (Lipinski definition) is 3. The van der Waals surface area contributed by atoms with Crippen molar-refractivity contribution in [2.75, 3.05) is 11.9 Å². The zero-order chi connectivity index (χ0) is 13.8. The summed E-state index contributed by atoms with van der Waals surface area (Å²) in [5.74, 6) is -2.13. The highest BCUT2D eigenvalue weighted by molar-refractivity contribution is 5.61. The predicted octanol–water partition coefficient (Wildman–Crippen LogP) is 3.38. The van der Waals surface area contributed by atoms with Gasteiger partial charge in [-0.05, 0) is 18.6 Å². The van der Waals surface area contributed by atoms with E-state index < -0.39 is 17.5 Å². The summed E-state index contributed by atoms with van der Waals surface area (Å²) < 4.78 is 40.1. The van der Waals surface area contributed by atoms with Gasteiger partial charge in [0.25, 0.3) is 0 Å². The average Bonchev–Trinajstić information content (AvgIpc) is 2.38. The van der Waals surface area contributed by atoms with E-state index in [9.17, 15) is 13.2 Å². The van der Waals surface area contributed by atoms with Gasteiger partial charge < -0.3 is 5.32 Å². The second-order valence-corrected chi connectivity index (χ2v) is 3.94. The van der Waals surface area contributed by atoms with E-state index >= 15 is 0 Å². The van der Waals surface area contributed by atoms with Crippen LogP contribution in [0.25, 0.3) is 11.3 Å². The zero-order valence-corrected chi connectivity index (χ0v) is 10.3. The van der Waals surface area contributed by atoms with Crippen LogP contribution in [0.4, 0.5) is 19.1 Å². The van der Waals surface area contributed by atoms with E-state index in [0.29, 0.717) is 12.6 Å². The largest absolute Gasteiger partial charge is 0.354 e. The summed E-state index contributed by atoms with van der Waals surface area (Å²) in [6.45, 7) is 2.58. The lowest BCUT2D eigenvalue weighted by molar-refractivity contribution is 0.580. The second-order valence-electron chi connectivity index (χ2n) is 3.94. The summed E-state index contributed by atoms with van der Waals surface area (Å²) in [6.07, 6.45) is 1.81.